The van der Waals surface area contributed by atoms with Gasteiger partial charge in [-0.1, -0.05) is 18.2 Å². The summed E-state index contributed by atoms with van der Waals surface area (Å²) < 4.78 is 1.91. The number of para-hydroxylation sites is 1. The van der Waals surface area contributed by atoms with Crippen LogP contribution in [0, 0.1) is 0 Å². The number of H-pyrrole nitrogens is 1. The average Bonchev–Trinajstić information content (AvgIpc) is 3.34. The van der Waals surface area contributed by atoms with Gasteiger partial charge in [0.15, 0.2) is 0 Å². The predicted octanol–water partition coefficient (Wildman–Crippen LogP) is 3.83. The number of hydrogen-bond donors (Lipinski definition) is 2. The van der Waals surface area contributed by atoms with Crippen LogP contribution in [0.25, 0.3) is 28.3 Å². The molecule has 0 aliphatic carbocycles. The molecule has 0 unspecified atom stereocenters. The maximum absolute atomic E-state index is 13.0. The molecule has 4 heterocycles. The highest BCUT2D eigenvalue weighted by molar-refractivity contribution is 5.63. The van der Waals surface area contributed by atoms with Crippen molar-refractivity contribution in [2.24, 2.45) is 0 Å². The van der Waals surface area contributed by atoms with Crippen LogP contribution in [0.15, 0.2) is 90.1 Å². The first-order valence-corrected chi connectivity index (χ1v) is 11.9. The molecule has 0 saturated heterocycles. The van der Waals surface area contributed by atoms with Gasteiger partial charge in [-0.3, -0.25) is 14.7 Å². The topological polar surface area (TPSA) is 106 Å². The summed E-state index contributed by atoms with van der Waals surface area (Å²) in [6.45, 7) is 2.01. The lowest BCUT2D eigenvalue weighted by Gasteiger charge is -2.27. The van der Waals surface area contributed by atoms with Crippen LogP contribution in [-0.2, 0) is 19.5 Å². The van der Waals surface area contributed by atoms with Crippen molar-refractivity contribution in [1.29, 1.82) is 0 Å². The second kappa shape index (κ2) is 9.24. The van der Waals surface area contributed by atoms with Crippen molar-refractivity contribution < 1.29 is 0 Å². The van der Waals surface area contributed by atoms with Crippen molar-refractivity contribution in [2.75, 3.05) is 12.3 Å². The van der Waals surface area contributed by atoms with Crippen LogP contribution in [0.2, 0.25) is 0 Å². The van der Waals surface area contributed by atoms with Crippen molar-refractivity contribution in [3.63, 3.8) is 0 Å². The van der Waals surface area contributed by atoms with Crippen LogP contribution in [0.1, 0.15) is 16.8 Å². The highest BCUT2D eigenvalue weighted by Gasteiger charge is 2.23. The molecule has 0 saturated carbocycles. The van der Waals surface area contributed by atoms with E-state index in [4.69, 9.17) is 15.8 Å². The fourth-order valence-corrected chi connectivity index (χ4v) is 4.63. The number of rotatable bonds is 5. The van der Waals surface area contributed by atoms with Gasteiger partial charge in [0.2, 0.25) is 0 Å². The Morgan fingerprint density at radius 2 is 1.72 bits per heavy atom. The summed E-state index contributed by atoms with van der Waals surface area (Å²) in [4.78, 5) is 27.2. The quantitative estimate of drug-likeness (QED) is 0.374. The normalized spacial score (nSPS) is 13.4. The van der Waals surface area contributed by atoms with Crippen LogP contribution in [0.3, 0.4) is 0 Å². The number of pyridine rings is 1. The zero-order valence-electron chi connectivity index (χ0n) is 19.6. The maximum atomic E-state index is 13.0. The van der Waals surface area contributed by atoms with Crippen molar-refractivity contribution in [1.82, 2.24) is 29.6 Å². The lowest BCUT2D eigenvalue weighted by molar-refractivity contribution is 0.242. The van der Waals surface area contributed by atoms with Gasteiger partial charge >= 0.3 is 0 Å². The van der Waals surface area contributed by atoms with E-state index in [0.29, 0.717) is 31.0 Å². The Morgan fingerprint density at radius 1 is 0.944 bits per heavy atom. The second-order valence-electron chi connectivity index (χ2n) is 8.94. The van der Waals surface area contributed by atoms with Gasteiger partial charge in [0.25, 0.3) is 5.56 Å². The molecular weight excluding hydrogens is 450 g/mol. The minimum Gasteiger partial charge on any atom is -0.399 e. The first-order chi connectivity index (χ1) is 17.6. The van der Waals surface area contributed by atoms with Gasteiger partial charge in [0, 0.05) is 67.0 Å². The van der Waals surface area contributed by atoms with E-state index in [0.717, 1.165) is 45.9 Å². The smallest absolute Gasteiger partial charge is 0.255 e. The molecule has 8 nitrogen and oxygen atoms in total. The molecule has 3 aromatic heterocycles. The largest absolute Gasteiger partial charge is 0.399 e. The zero-order chi connectivity index (χ0) is 24.5. The van der Waals surface area contributed by atoms with Crippen molar-refractivity contribution in [3.8, 4) is 28.3 Å². The molecule has 0 spiro atoms. The molecule has 1 aliphatic heterocycles. The van der Waals surface area contributed by atoms with Gasteiger partial charge in [-0.15, -0.1) is 0 Å². The Labute approximate surface area is 208 Å². The van der Waals surface area contributed by atoms with Crippen LogP contribution in [0.4, 0.5) is 5.69 Å². The molecule has 8 heteroatoms. The van der Waals surface area contributed by atoms with E-state index in [1.807, 2.05) is 71.4 Å². The summed E-state index contributed by atoms with van der Waals surface area (Å²) in [6.07, 6.45) is 6.34. The molecule has 6 rings (SSSR count). The number of benzene rings is 2. The van der Waals surface area contributed by atoms with Crippen molar-refractivity contribution in [3.05, 3.63) is 112 Å². The first-order valence-electron chi connectivity index (χ1n) is 11.9. The summed E-state index contributed by atoms with van der Waals surface area (Å²) in [6, 6.07) is 21.4. The Balaban J connectivity index is 1.30. The van der Waals surface area contributed by atoms with Gasteiger partial charge in [-0.2, -0.15) is 5.10 Å². The molecule has 36 heavy (non-hydrogen) atoms. The third-order valence-electron chi connectivity index (χ3n) is 6.49. The zero-order valence-corrected chi connectivity index (χ0v) is 19.6. The van der Waals surface area contributed by atoms with Crippen LogP contribution in [0.5, 0.6) is 0 Å². The number of aromatic nitrogens is 5. The van der Waals surface area contributed by atoms with Gasteiger partial charge in [0.05, 0.1) is 22.6 Å². The summed E-state index contributed by atoms with van der Waals surface area (Å²) in [5.74, 6) is 0.580. The highest BCUT2D eigenvalue weighted by Crippen LogP contribution is 2.27. The highest BCUT2D eigenvalue weighted by atomic mass is 16.1. The first kappa shape index (κ1) is 21.9. The minimum atomic E-state index is -0.0918. The van der Waals surface area contributed by atoms with E-state index >= 15 is 0 Å². The number of nitrogen functional groups attached to an aromatic ring is 1. The van der Waals surface area contributed by atoms with Gasteiger partial charge in [-0.05, 0) is 48.5 Å². The summed E-state index contributed by atoms with van der Waals surface area (Å²) in [5.41, 5.74) is 12.8. The van der Waals surface area contributed by atoms with E-state index in [-0.39, 0.29) is 5.56 Å². The Bertz CT molecular complexity index is 1560. The number of nitrogens with one attached hydrogen (secondary N) is 1. The van der Waals surface area contributed by atoms with E-state index in [1.165, 1.54) is 0 Å². The molecule has 3 N–H and O–H groups in total. The second-order valence-corrected chi connectivity index (χ2v) is 8.94. The molecule has 178 valence electrons. The monoisotopic (exact) mass is 475 g/mol. The Morgan fingerprint density at radius 3 is 2.50 bits per heavy atom. The lowest BCUT2D eigenvalue weighted by Crippen LogP contribution is -2.35. The van der Waals surface area contributed by atoms with E-state index < -0.39 is 0 Å². The molecule has 1 aliphatic rings. The van der Waals surface area contributed by atoms with Crippen LogP contribution < -0.4 is 11.3 Å². The molecule has 5 aromatic rings. The number of nitrogens with two attached hydrogens (primary N) is 1. The summed E-state index contributed by atoms with van der Waals surface area (Å²) in [5, 5.41) is 4.90. The number of hydrogen-bond acceptors (Lipinski definition) is 6. The van der Waals surface area contributed by atoms with Gasteiger partial charge in [0.1, 0.15) is 5.82 Å². The lowest BCUT2D eigenvalue weighted by atomic mass is 10.0. The molecule has 0 bridgehead atoms. The third-order valence-corrected chi connectivity index (χ3v) is 6.49. The van der Waals surface area contributed by atoms with E-state index in [9.17, 15) is 4.79 Å². The van der Waals surface area contributed by atoms with Crippen molar-refractivity contribution >= 4 is 5.69 Å². The van der Waals surface area contributed by atoms with E-state index in [2.05, 4.69) is 21.1 Å². The fraction of sp³-hybridized carbons (Fsp3) is 0.143. The van der Waals surface area contributed by atoms with Gasteiger partial charge in [-0.25, -0.2) is 9.67 Å². The van der Waals surface area contributed by atoms with Crippen LogP contribution in [-0.4, -0.2) is 36.2 Å². The Hall–Kier alpha value is -4.56. The molecule has 2 aromatic carbocycles. The third kappa shape index (κ3) is 4.30. The molecule has 0 fully saturated rings. The number of anilines is 1. The SMILES string of the molecule is Nc1ccc(-c2nc3c(c(=O)[nH]2)CN(Cc2cn(-c4ccccc4)nc2-c2ccncc2)CC3)cc1. The number of fused-ring (bicyclic) bond motifs is 1. The molecule has 0 atom stereocenters. The fourth-order valence-electron chi connectivity index (χ4n) is 4.63. The number of nitrogens with zero attached hydrogens (tertiary/aromatic N) is 5. The molecule has 0 radical (unpaired) electrons. The molecule has 0 amide bonds. The Kier molecular flexibility index (Phi) is 5.63. The van der Waals surface area contributed by atoms with Crippen LogP contribution >= 0.6 is 0 Å². The average molecular weight is 476 g/mol. The predicted molar refractivity (Wildman–Crippen MR) is 139 cm³/mol. The molecular formula is C28H25N7O. The number of aromatic amines is 1. The standard InChI is InChI=1S/C28H25N7O/c29-22-8-6-20(7-9-22)27-31-25-12-15-34(18-24(25)28(36)32-27)16-21-17-35(23-4-2-1-3-5-23)33-26(21)19-10-13-30-14-11-19/h1-11,13-14,17H,12,15-16,18,29H2,(H,31,32,36). The maximum Gasteiger partial charge on any atom is 0.255 e. The van der Waals surface area contributed by atoms with Gasteiger partial charge < -0.3 is 10.7 Å². The van der Waals surface area contributed by atoms with E-state index in [1.54, 1.807) is 12.4 Å². The summed E-state index contributed by atoms with van der Waals surface area (Å²) in [7, 11) is 0. The van der Waals surface area contributed by atoms with Crippen molar-refractivity contribution in [2.45, 2.75) is 19.5 Å². The summed E-state index contributed by atoms with van der Waals surface area (Å²) >= 11 is 0. The minimum absolute atomic E-state index is 0.0918.